The minimum absolute atomic E-state index is 0.173. The van der Waals surface area contributed by atoms with E-state index in [4.69, 9.17) is 4.74 Å². The number of benzene rings is 2. The van der Waals surface area contributed by atoms with Gasteiger partial charge in [0.2, 0.25) is 0 Å². The van der Waals surface area contributed by atoms with Crippen molar-refractivity contribution in [2.75, 3.05) is 44.9 Å². The highest BCUT2D eigenvalue weighted by Crippen LogP contribution is 2.31. The molecule has 0 spiro atoms. The quantitative estimate of drug-likeness (QED) is 0.660. The van der Waals surface area contributed by atoms with Crippen LogP contribution in [0, 0.1) is 0 Å². The van der Waals surface area contributed by atoms with Crippen LogP contribution in [0.5, 0.6) is 0 Å². The fraction of sp³-hybridized carbons (Fsp3) is 0.417. The number of nitrogens with zero attached hydrogens (tertiary/aromatic N) is 2. The van der Waals surface area contributed by atoms with Crippen LogP contribution in [0.3, 0.4) is 0 Å². The van der Waals surface area contributed by atoms with Crippen molar-refractivity contribution >= 4 is 17.6 Å². The first kappa shape index (κ1) is 21.3. The van der Waals surface area contributed by atoms with Gasteiger partial charge in [0, 0.05) is 24.3 Å². The van der Waals surface area contributed by atoms with E-state index in [-0.39, 0.29) is 11.9 Å². The van der Waals surface area contributed by atoms with Crippen molar-refractivity contribution in [1.29, 1.82) is 0 Å². The molecule has 0 aliphatic carbocycles. The predicted molar refractivity (Wildman–Crippen MR) is 119 cm³/mol. The minimum atomic E-state index is -0.974. The molecule has 7 heteroatoms. The highest BCUT2D eigenvalue weighted by atomic mass is 16.5. The van der Waals surface area contributed by atoms with Gasteiger partial charge in [-0.15, -0.1) is 0 Å². The Bertz CT molecular complexity index is 912. The van der Waals surface area contributed by atoms with Gasteiger partial charge in [-0.3, -0.25) is 4.79 Å². The topological polar surface area (TPSA) is 66.3 Å². The summed E-state index contributed by atoms with van der Waals surface area (Å²) in [4.78, 5) is 30.7. The van der Waals surface area contributed by atoms with Gasteiger partial charge in [-0.1, -0.05) is 49.4 Å². The standard InChI is InChI=1S/C24H30N4O3/c1-3-24(20-7-5-4-6-8-20)22(29)28(23(30)25-24)18-26(2)17-19-9-11-21(12-10-19)27-13-15-31-16-14-27/h4-12H,3,13-18H2,1-2H3,(H,25,30)/p+1/t24-/m0/s1. The van der Waals surface area contributed by atoms with E-state index in [0.29, 0.717) is 13.1 Å². The van der Waals surface area contributed by atoms with Gasteiger partial charge in [0.1, 0.15) is 12.1 Å². The van der Waals surface area contributed by atoms with E-state index < -0.39 is 5.54 Å². The first-order chi connectivity index (χ1) is 15.0. The molecule has 7 nitrogen and oxygen atoms in total. The lowest BCUT2D eigenvalue weighted by atomic mass is 9.87. The Labute approximate surface area is 183 Å². The van der Waals surface area contributed by atoms with Gasteiger partial charge in [0.15, 0.2) is 6.67 Å². The van der Waals surface area contributed by atoms with Crippen molar-refractivity contribution in [3.63, 3.8) is 0 Å². The Balaban J connectivity index is 1.41. The largest absolute Gasteiger partial charge is 0.378 e. The summed E-state index contributed by atoms with van der Waals surface area (Å²) < 4.78 is 5.42. The first-order valence-corrected chi connectivity index (χ1v) is 11.0. The fourth-order valence-electron chi connectivity index (χ4n) is 4.45. The van der Waals surface area contributed by atoms with Crippen molar-refractivity contribution in [2.24, 2.45) is 0 Å². The second-order valence-electron chi connectivity index (χ2n) is 8.35. The number of rotatable bonds is 7. The average Bonchev–Trinajstić information content (AvgIpc) is 3.06. The number of nitrogens with one attached hydrogen (secondary N) is 2. The zero-order valence-corrected chi connectivity index (χ0v) is 18.3. The second-order valence-corrected chi connectivity index (χ2v) is 8.35. The number of ether oxygens (including phenoxy) is 1. The van der Waals surface area contributed by atoms with Crippen LogP contribution in [0.25, 0.3) is 0 Å². The molecule has 2 saturated heterocycles. The van der Waals surface area contributed by atoms with E-state index in [0.717, 1.165) is 43.3 Å². The number of hydrogen-bond donors (Lipinski definition) is 2. The van der Waals surface area contributed by atoms with Crippen molar-refractivity contribution in [1.82, 2.24) is 10.2 Å². The summed E-state index contributed by atoms with van der Waals surface area (Å²) in [6.45, 7) is 6.34. The summed E-state index contributed by atoms with van der Waals surface area (Å²) in [6.07, 6.45) is 0.514. The van der Waals surface area contributed by atoms with Gasteiger partial charge in [-0.25, -0.2) is 9.69 Å². The Morgan fingerprint density at radius 3 is 2.35 bits per heavy atom. The molecule has 3 amide bonds. The zero-order valence-electron chi connectivity index (χ0n) is 18.3. The molecule has 4 rings (SSSR count). The normalized spacial score (nSPS) is 22.5. The maximum absolute atomic E-state index is 13.3. The summed E-state index contributed by atoms with van der Waals surface area (Å²) >= 11 is 0. The lowest BCUT2D eigenvalue weighted by molar-refractivity contribution is -0.901. The highest BCUT2D eigenvalue weighted by Gasteiger charge is 2.52. The number of quaternary nitrogens is 1. The van der Waals surface area contributed by atoms with Crippen LogP contribution in [0.2, 0.25) is 0 Å². The Kier molecular flexibility index (Phi) is 6.25. The predicted octanol–water partition coefficient (Wildman–Crippen LogP) is 1.35. The molecule has 0 radical (unpaired) electrons. The van der Waals surface area contributed by atoms with E-state index in [1.807, 2.05) is 44.3 Å². The maximum atomic E-state index is 13.3. The van der Waals surface area contributed by atoms with E-state index in [2.05, 4.69) is 34.5 Å². The number of carbonyl (C=O) groups excluding carboxylic acids is 2. The first-order valence-electron chi connectivity index (χ1n) is 11.0. The number of amides is 3. The van der Waals surface area contributed by atoms with Gasteiger partial charge in [-0.2, -0.15) is 0 Å². The van der Waals surface area contributed by atoms with E-state index in [1.165, 1.54) is 16.2 Å². The maximum Gasteiger partial charge on any atom is 0.329 e. The number of imide groups is 1. The van der Waals surface area contributed by atoms with Crippen molar-refractivity contribution in [3.05, 3.63) is 65.7 Å². The van der Waals surface area contributed by atoms with Crippen LogP contribution in [-0.2, 0) is 21.6 Å². The van der Waals surface area contributed by atoms with Crippen LogP contribution in [0.4, 0.5) is 10.5 Å². The van der Waals surface area contributed by atoms with E-state index in [1.54, 1.807) is 0 Å². The molecule has 2 N–H and O–H groups in total. The third kappa shape index (κ3) is 4.29. The molecule has 2 fully saturated rings. The van der Waals surface area contributed by atoms with E-state index in [9.17, 15) is 9.59 Å². The molecular weight excluding hydrogens is 392 g/mol. The molecule has 2 aliphatic heterocycles. The molecule has 2 heterocycles. The molecule has 0 aromatic heterocycles. The van der Waals surface area contributed by atoms with Crippen molar-refractivity contribution in [2.45, 2.75) is 25.4 Å². The molecule has 31 heavy (non-hydrogen) atoms. The number of morpholine rings is 1. The molecule has 0 bridgehead atoms. The zero-order chi connectivity index (χ0) is 21.8. The van der Waals surface area contributed by atoms with Gasteiger partial charge < -0.3 is 19.9 Å². The molecule has 2 aliphatic rings. The smallest absolute Gasteiger partial charge is 0.329 e. The van der Waals surface area contributed by atoms with Crippen LogP contribution in [0.1, 0.15) is 24.5 Å². The molecule has 0 saturated carbocycles. The molecule has 164 valence electrons. The Morgan fingerprint density at radius 1 is 1.03 bits per heavy atom. The van der Waals surface area contributed by atoms with E-state index >= 15 is 0 Å². The second kappa shape index (κ2) is 9.08. The Hall–Kier alpha value is -2.90. The molecule has 2 aromatic carbocycles. The molecule has 2 aromatic rings. The van der Waals surface area contributed by atoms with Crippen molar-refractivity contribution < 1.29 is 19.2 Å². The average molecular weight is 424 g/mol. The lowest BCUT2D eigenvalue weighted by Crippen LogP contribution is -3.09. The third-order valence-corrected chi connectivity index (χ3v) is 6.22. The van der Waals surface area contributed by atoms with Crippen LogP contribution >= 0.6 is 0 Å². The van der Waals surface area contributed by atoms with Gasteiger partial charge in [0.05, 0.1) is 20.3 Å². The summed E-state index contributed by atoms with van der Waals surface area (Å²) in [5.41, 5.74) is 2.23. The molecular formula is C24H31N4O3+. The monoisotopic (exact) mass is 423 g/mol. The van der Waals surface area contributed by atoms with Gasteiger partial charge in [0.25, 0.3) is 5.91 Å². The van der Waals surface area contributed by atoms with Crippen LogP contribution in [0.15, 0.2) is 54.6 Å². The Morgan fingerprint density at radius 2 is 1.71 bits per heavy atom. The third-order valence-electron chi connectivity index (χ3n) is 6.22. The highest BCUT2D eigenvalue weighted by molar-refractivity contribution is 6.07. The molecule has 2 atom stereocenters. The minimum Gasteiger partial charge on any atom is -0.378 e. The summed E-state index contributed by atoms with van der Waals surface area (Å²) in [6, 6.07) is 17.7. The van der Waals surface area contributed by atoms with Crippen LogP contribution in [-0.4, -0.2) is 56.9 Å². The molecule has 1 unspecified atom stereocenters. The number of urea groups is 1. The fourth-order valence-corrected chi connectivity index (χ4v) is 4.45. The number of anilines is 1. The number of hydrogen-bond acceptors (Lipinski definition) is 4. The van der Waals surface area contributed by atoms with Crippen LogP contribution < -0.4 is 15.1 Å². The van der Waals surface area contributed by atoms with Crippen molar-refractivity contribution in [3.8, 4) is 0 Å². The summed E-state index contributed by atoms with van der Waals surface area (Å²) in [7, 11) is 2.00. The summed E-state index contributed by atoms with van der Waals surface area (Å²) in [5, 5.41) is 2.95. The number of carbonyl (C=O) groups is 2. The SMILES string of the molecule is CC[C@@]1(c2ccccc2)NC(=O)N(C[NH+](C)Cc2ccc(N3CCOCC3)cc2)C1=O. The van der Waals surface area contributed by atoms with Gasteiger partial charge >= 0.3 is 6.03 Å². The lowest BCUT2D eigenvalue weighted by Gasteiger charge is -2.29. The van der Waals surface area contributed by atoms with Gasteiger partial charge in [-0.05, 0) is 24.1 Å². The summed E-state index contributed by atoms with van der Waals surface area (Å²) in [5.74, 6) is -0.173.